The molecule has 2 N–H and O–H groups in total. The van der Waals surface area contributed by atoms with Gasteiger partial charge in [0.05, 0.1) is 5.69 Å². The molecule has 0 unspecified atom stereocenters. The fourth-order valence-corrected chi connectivity index (χ4v) is 1.14. The second-order valence-corrected chi connectivity index (χ2v) is 4.53. The number of nitrogens with zero attached hydrogens (tertiary/aromatic N) is 1. The van der Waals surface area contributed by atoms with E-state index in [2.05, 4.69) is 15.6 Å². The van der Waals surface area contributed by atoms with E-state index in [1.54, 1.807) is 18.3 Å². The summed E-state index contributed by atoms with van der Waals surface area (Å²) in [6, 6.07) is 3.10. The fourth-order valence-electron chi connectivity index (χ4n) is 0.973. The van der Waals surface area contributed by atoms with Gasteiger partial charge in [0.15, 0.2) is 5.15 Å². The van der Waals surface area contributed by atoms with E-state index in [1.165, 1.54) is 0 Å². The zero-order valence-electron chi connectivity index (χ0n) is 8.97. The van der Waals surface area contributed by atoms with Crippen molar-refractivity contribution in [3.63, 3.8) is 0 Å². The van der Waals surface area contributed by atoms with Crippen LogP contribution in [0.4, 0.5) is 10.5 Å². The molecule has 0 bridgehead atoms. The Labute approximate surface area is 94.0 Å². The zero-order chi connectivity index (χ0) is 11.5. The number of hydrogen-bond donors (Lipinski definition) is 2. The molecule has 15 heavy (non-hydrogen) atoms. The standard InChI is InChI=1S/C10H14ClN3O/c1-10(2,3)14-9(15)13-7-5-4-6-12-8(7)11/h4-6H,1-3H3,(H2,13,14,15). The molecule has 1 aromatic heterocycles. The first-order valence-electron chi connectivity index (χ1n) is 4.58. The molecule has 1 heterocycles. The summed E-state index contributed by atoms with van der Waals surface area (Å²) in [5.41, 5.74) is 0.222. The molecule has 5 heteroatoms. The van der Waals surface area contributed by atoms with Crippen molar-refractivity contribution >= 4 is 23.3 Å². The number of amides is 2. The van der Waals surface area contributed by atoms with Gasteiger partial charge in [-0.1, -0.05) is 11.6 Å². The normalized spacial score (nSPS) is 10.9. The molecular formula is C10H14ClN3O. The Morgan fingerprint density at radius 3 is 2.67 bits per heavy atom. The summed E-state index contributed by atoms with van der Waals surface area (Å²) in [5, 5.41) is 5.66. The molecule has 0 aliphatic carbocycles. The summed E-state index contributed by atoms with van der Waals surface area (Å²) in [5.74, 6) is 0. The van der Waals surface area contributed by atoms with Crippen LogP contribution < -0.4 is 10.6 Å². The van der Waals surface area contributed by atoms with Crippen LogP contribution in [0.3, 0.4) is 0 Å². The molecule has 0 aliphatic heterocycles. The number of anilines is 1. The van der Waals surface area contributed by atoms with Crippen molar-refractivity contribution in [1.29, 1.82) is 0 Å². The number of rotatable bonds is 1. The van der Waals surface area contributed by atoms with Gasteiger partial charge in [-0.3, -0.25) is 0 Å². The van der Waals surface area contributed by atoms with Crippen LogP contribution in [0.25, 0.3) is 0 Å². The predicted octanol–water partition coefficient (Wildman–Crippen LogP) is 2.66. The second-order valence-electron chi connectivity index (χ2n) is 4.17. The predicted molar refractivity (Wildman–Crippen MR) is 61.2 cm³/mol. The number of nitrogens with one attached hydrogen (secondary N) is 2. The Bertz CT molecular complexity index is 360. The van der Waals surface area contributed by atoms with Crippen molar-refractivity contribution < 1.29 is 4.79 Å². The third-order valence-corrected chi connectivity index (χ3v) is 1.80. The lowest BCUT2D eigenvalue weighted by Crippen LogP contribution is -2.43. The summed E-state index contributed by atoms with van der Waals surface area (Å²) in [4.78, 5) is 15.3. The molecule has 0 radical (unpaired) electrons. The molecule has 0 saturated heterocycles. The van der Waals surface area contributed by atoms with Crippen molar-refractivity contribution in [3.8, 4) is 0 Å². The lowest BCUT2D eigenvalue weighted by Gasteiger charge is -2.20. The van der Waals surface area contributed by atoms with Crippen molar-refractivity contribution in [2.75, 3.05) is 5.32 Å². The minimum atomic E-state index is -0.294. The van der Waals surface area contributed by atoms with Crippen LogP contribution in [0.5, 0.6) is 0 Å². The quantitative estimate of drug-likeness (QED) is 0.725. The number of carbonyl (C=O) groups excluding carboxylic acids is 1. The van der Waals surface area contributed by atoms with Crippen molar-refractivity contribution in [2.24, 2.45) is 0 Å². The number of halogens is 1. The van der Waals surface area contributed by atoms with E-state index >= 15 is 0 Å². The second kappa shape index (κ2) is 4.49. The third kappa shape index (κ3) is 4.16. The molecule has 0 atom stereocenters. The molecule has 0 saturated carbocycles. The smallest absolute Gasteiger partial charge is 0.319 e. The lowest BCUT2D eigenvalue weighted by atomic mass is 10.1. The van der Waals surface area contributed by atoms with Crippen LogP contribution in [0.2, 0.25) is 5.15 Å². The van der Waals surface area contributed by atoms with E-state index < -0.39 is 0 Å². The molecule has 4 nitrogen and oxygen atoms in total. The minimum Gasteiger partial charge on any atom is -0.333 e. The Balaban J connectivity index is 2.64. The van der Waals surface area contributed by atoms with Gasteiger partial charge in [-0.15, -0.1) is 0 Å². The van der Waals surface area contributed by atoms with E-state index in [0.717, 1.165) is 0 Å². The summed E-state index contributed by atoms with van der Waals surface area (Å²) < 4.78 is 0. The van der Waals surface area contributed by atoms with Crippen molar-refractivity contribution in [1.82, 2.24) is 10.3 Å². The highest BCUT2D eigenvalue weighted by Crippen LogP contribution is 2.17. The fraction of sp³-hybridized carbons (Fsp3) is 0.400. The van der Waals surface area contributed by atoms with Crippen LogP contribution in [0.15, 0.2) is 18.3 Å². The highest BCUT2D eigenvalue weighted by atomic mass is 35.5. The SMILES string of the molecule is CC(C)(C)NC(=O)Nc1cccnc1Cl. The van der Waals surface area contributed by atoms with Crippen molar-refractivity contribution in [3.05, 3.63) is 23.5 Å². The average Bonchev–Trinajstić information content (AvgIpc) is 2.05. The van der Waals surface area contributed by atoms with Gasteiger partial charge in [-0.05, 0) is 32.9 Å². The molecule has 1 aromatic rings. The van der Waals surface area contributed by atoms with Crippen molar-refractivity contribution in [2.45, 2.75) is 26.3 Å². The number of aromatic nitrogens is 1. The van der Waals surface area contributed by atoms with Gasteiger partial charge in [0.1, 0.15) is 0 Å². The maximum Gasteiger partial charge on any atom is 0.319 e. The van der Waals surface area contributed by atoms with E-state index in [1.807, 2.05) is 20.8 Å². The van der Waals surface area contributed by atoms with Crippen LogP contribution in [-0.2, 0) is 0 Å². The van der Waals surface area contributed by atoms with Gasteiger partial charge in [-0.2, -0.15) is 0 Å². The Morgan fingerprint density at radius 1 is 1.47 bits per heavy atom. The monoisotopic (exact) mass is 227 g/mol. The molecule has 0 fully saturated rings. The molecule has 0 spiro atoms. The number of carbonyl (C=O) groups is 1. The molecular weight excluding hydrogens is 214 g/mol. The van der Waals surface area contributed by atoms with E-state index in [4.69, 9.17) is 11.6 Å². The van der Waals surface area contributed by atoms with Gasteiger partial charge >= 0.3 is 6.03 Å². The van der Waals surface area contributed by atoms with Gasteiger partial charge in [-0.25, -0.2) is 9.78 Å². The molecule has 2 amide bonds. The summed E-state index contributed by atoms with van der Waals surface area (Å²) in [6.45, 7) is 5.70. The minimum absolute atomic E-state index is 0.279. The zero-order valence-corrected chi connectivity index (χ0v) is 9.72. The summed E-state index contributed by atoms with van der Waals surface area (Å²) in [7, 11) is 0. The van der Waals surface area contributed by atoms with Crippen LogP contribution in [0, 0.1) is 0 Å². The van der Waals surface area contributed by atoms with E-state index in [9.17, 15) is 4.79 Å². The molecule has 82 valence electrons. The van der Waals surface area contributed by atoms with Gasteiger partial charge in [0.25, 0.3) is 0 Å². The topological polar surface area (TPSA) is 54.0 Å². The first kappa shape index (κ1) is 11.8. The van der Waals surface area contributed by atoms with E-state index in [-0.39, 0.29) is 16.7 Å². The summed E-state index contributed by atoms with van der Waals surface area (Å²) >= 11 is 5.79. The van der Waals surface area contributed by atoms with Crippen LogP contribution in [-0.4, -0.2) is 16.6 Å². The van der Waals surface area contributed by atoms with Gasteiger partial charge in [0, 0.05) is 11.7 Å². The highest BCUT2D eigenvalue weighted by molar-refractivity contribution is 6.32. The Hall–Kier alpha value is -1.29. The molecule has 0 aliphatic rings. The maximum atomic E-state index is 11.5. The largest absolute Gasteiger partial charge is 0.333 e. The lowest BCUT2D eigenvalue weighted by molar-refractivity contribution is 0.244. The molecule has 1 rings (SSSR count). The molecule has 0 aromatic carbocycles. The van der Waals surface area contributed by atoms with Gasteiger partial charge in [0.2, 0.25) is 0 Å². The van der Waals surface area contributed by atoms with Crippen LogP contribution >= 0.6 is 11.6 Å². The first-order valence-corrected chi connectivity index (χ1v) is 4.96. The van der Waals surface area contributed by atoms with Gasteiger partial charge < -0.3 is 10.6 Å². The number of pyridine rings is 1. The Kier molecular flexibility index (Phi) is 3.52. The first-order chi connectivity index (χ1) is 6.88. The third-order valence-electron chi connectivity index (χ3n) is 1.50. The average molecular weight is 228 g/mol. The van der Waals surface area contributed by atoms with Crippen LogP contribution in [0.1, 0.15) is 20.8 Å². The summed E-state index contributed by atoms with van der Waals surface area (Å²) in [6.07, 6.45) is 1.56. The number of hydrogen-bond acceptors (Lipinski definition) is 2. The Morgan fingerprint density at radius 2 is 2.13 bits per heavy atom. The highest BCUT2D eigenvalue weighted by Gasteiger charge is 2.14. The maximum absolute atomic E-state index is 11.5. The van der Waals surface area contributed by atoms with E-state index in [0.29, 0.717) is 5.69 Å². The number of urea groups is 1.